The number of hydrogen-bond donors (Lipinski definition) is 0. The van der Waals surface area contributed by atoms with Gasteiger partial charge < -0.3 is 0 Å². The third-order valence-corrected chi connectivity index (χ3v) is 4.82. The van der Waals surface area contributed by atoms with Gasteiger partial charge in [-0.2, -0.15) is 0 Å². The highest BCUT2D eigenvalue weighted by Gasteiger charge is 2.13. The van der Waals surface area contributed by atoms with Crippen molar-refractivity contribution in [3.05, 3.63) is 17.0 Å². The fourth-order valence-electron chi connectivity index (χ4n) is 1.87. The molecule has 1 aromatic heterocycles. The minimum atomic E-state index is 0.268. The van der Waals surface area contributed by atoms with Gasteiger partial charge in [0.15, 0.2) is 5.78 Å². The number of ketones is 1. The first-order valence-corrected chi connectivity index (χ1v) is 8.49. The van der Waals surface area contributed by atoms with Crippen LogP contribution in [0, 0.1) is 0 Å². The van der Waals surface area contributed by atoms with Crippen LogP contribution >= 0.6 is 23.1 Å². The molecular weight excluding hydrogens is 262 g/mol. The molecule has 1 aromatic rings. The van der Waals surface area contributed by atoms with Crippen molar-refractivity contribution in [3.63, 3.8) is 0 Å². The fraction of sp³-hybridized carbons (Fsp3) is 0.643. The van der Waals surface area contributed by atoms with Crippen LogP contribution < -0.4 is 0 Å². The van der Waals surface area contributed by atoms with Gasteiger partial charge in [0.1, 0.15) is 0 Å². The Balaban J connectivity index is 2.56. The van der Waals surface area contributed by atoms with Crippen molar-refractivity contribution in [2.75, 3.05) is 25.4 Å². The fourth-order valence-corrected chi connectivity index (χ4v) is 3.85. The monoisotopic (exact) mass is 285 g/mol. The van der Waals surface area contributed by atoms with Crippen molar-refractivity contribution in [1.82, 2.24) is 4.90 Å². The van der Waals surface area contributed by atoms with Crippen LogP contribution in [-0.2, 0) is 0 Å². The molecule has 0 unspecified atom stereocenters. The number of thiophene rings is 1. The molecule has 0 saturated heterocycles. The molecule has 0 aliphatic carbocycles. The summed E-state index contributed by atoms with van der Waals surface area (Å²) in [6.07, 6.45) is 2.21. The van der Waals surface area contributed by atoms with E-state index in [1.807, 2.05) is 6.07 Å². The van der Waals surface area contributed by atoms with E-state index >= 15 is 0 Å². The van der Waals surface area contributed by atoms with Crippen LogP contribution in [0.2, 0.25) is 0 Å². The van der Waals surface area contributed by atoms with E-state index in [0.717, 1.165) is 36.6 Å². The second kappa shape index (κ2) is 8.73. The van der Waals surface area contributed by atoms with Crippen molar-refractivity contribution in [3.8, 4) is 0 Å². The molecule has 0 bridgehead atoms. The van der Waals surface area contributed by atoms with Crippen LogP contribution in [0.4, 0.5) is 0 Å². The minimum absolute atomic E-state index is 0.268. The molecular formula is C14H23NOS2. The molecule has 102 valence electrons. The van der Waals surface area contributed by atoms with E-state index in [1.165, 1.54) is 4.21 Å². The number of rotatable bonds is 9. The second-order valence-electron chi connectivity index (χ2n) is 4.25. The standard InChI is InChI=1S/C14H23NOS2/c1-4-9-15(10-5-2)11-12(16)13-7-8-14(18-13)17-6-3/h7-8H,4-6,9-11H2,1-3H3. The van der Waals surface area contributed by atoms with Gasteiger partial charge in [-0.25, -0.2) is 0 Å². The highest BCUT2D eigenvalue weighted by Crippen LogP contribution is 2.27. The summed E-state index contributed by atoms with van der Waals surface area (Å²) in [5.41, 5.74) is 0. The Morgan fingerprint density at radius 2 is 1.89 bits per heavy atom. The topological polar surface area (TPSA) is 20.3 Å². The Labute approximate surface area is 119 Å². The first-order chi connectivity index (χ1) is 8.71. The third-order valence-electron chi connectivity index (χ3n) is 2.59. The number of thioether (sulfide) groups is 1. The van der Waals surface area contributed by atoms with Crippen LogP contribution in [-0.4, -0.2) is 36.1 Å². The smallest absolute Gasteiger partial charge is 0.186 e. The maximum Gasteiger partial charge on any atom is 0.186 e. The van der Waals surface area contributed by atoms with Crippen LogP contribution in [0.3, 0.4) is 0 Å². The van der Waals surface area contributed by atoms with Crippen LogP contribution in [0.5, 0.6) is 0 Å². The molecule has 0 spiro atoms. The summed E-state index contributed by atoms with van der Waals surface area (Å²) in [6.45, 7) is 9.06. The number of hydrogen-bond acceptors (Lipinski definition) is 4. The average Bonchev–Trinajstić information content (AvgIpc) is 2.79. The first kappa shape index (κ1) is 15.7. The number of carbonyl (C=O) groups excluding carboxylic acids is 1. The zero-order valence-corrected chi connectivity index (χ0v) is 13.2. The predicted octanol–water partition coefficient (Wildman–Crippen LogP) is 4.16. The zero-order chi connectivity index (χ0) is 13.4. The number of carbonyl (C=O) groups is 1. The molecule has 0 radical (unpaired) electrons. The quantitative estimate of drug-likeness (QED) is 0.502. The molecule has 4 heteroatoms. The normalized spacial score (nSPS) is 11.1. The molecule has 0 fully saturated rings. The summed E-state index contributed by atoms with van der Waals surface area (Å²) >= 11 is 3.44. The van der Waals surface area contributed by atoms with E-state index in [1.54, 1.807) is 23.1 Å². The SMILES string of the molecule is CCCN(CCC)CC(=O)c1ccc(SCC)s1. The van der Waals surface area contributed by atoms with Crippen molar-refractivity contribution in [2.45, 2.75) is 37.8 Å². The van der Waals surface area contributed by atoms with Crippen molar-refractivity contribution in [1.29, 1.82) is 0 Å². The highest BCUT2D eigenvalue weighted by molar-refractivity contribution is 8.01. The number of nitrogens with zero attached hydrogens (tertiary/aromatic N) is 1. The minimum Gasteiger partial charge on any atom is -0.296 e. The Morgan fingerprint density at radius 1 is 1.22 bits per heavy atom. The lowest BCUT2D eigenvalue weighted by atomic mass is 10.2. The molecule has 0 aliphatic heterocycles. The van der Waals surface area contributed by atoms with Gasteiger partial charge in [0.25, 0.3) is 0 Å². The van der Waals surface area contributed by atoms with E-state index in [-0.39, 0.29) is 5.78 Å². The summed E-state index contributed by atoms with van der Waals surface area (Å²) < 4.78 is 1.25. The van der Waals surface area contributed by atoms with Crippen molar-refractivity contribution < 1.29 is 4.79 Å². The van der Waals surface area contributed by atoms with E-state index in [9.17, 15) is 4.79 Å². The predicted molar refractivity (Wildman–Crippen MR) is 82.1 cm³/mol. The molecule has 0 aliphatic rings. The molecule has 0 atom stereocenters. The van der Waals surface area contributed by atoms with Crippen molar-refractivity contribution >= 4 is 28.9 Å². The van der Waals surface area contributed by atoms with Gasteiger partial charge in [0.2, 0.25) is 0 Å². The summed E-state index contributed by atoms with van der Waals surface area (Å²) in [5.74, 6) is 1.33. The van der Waals surface area contributed by atoms with Gasteiger partial charge in [-0.05, 0) is 43.8 Å². The maximum absolute atomic E-state index is 12.2. The van der Waals surface area contributed by atoms with Gasteiger partial charge in [0.05, 0.1) is 15.6 Å². The largest absolute Gasteiger partial charge is 0.296 e. The summed E-state index contributed by atoms with van der Waals surface area (Å²) in [6, 6.07) is 4.04. The molecule has 0 saturated carbocycles. The molecule has 0 aromatic carbocycles. The van der Waals surface area contributed by atoms with E-state index in [4.69, 9.17) is 0 Å². The van der Waals surface area contributed by atoms with Crippen molar-refractivity contribution in [2.24, 2.45) is 0 Å². The average molecular weight is 285 g/mol. The van der Waals surface area contributed by atoms with Crippen LogP contribution in [0.15, 0.2) is 16.3 Å². The molecule has 1 rings (SSSR count). The van der Waals surface area contributed by atoms with Gasteiger partial charge in [-0.3, -0.25) is 9.69 Å². The Bertz CT molecular complexity index is 356. The van der Waals surface area contributed by atoms with E-state index in [2.05, 4.69) is 31.7 Å². The summed E-state index contributed by atoms with van der Waals surface area (Å²) in [4.78, 5) is 15.3. The lowest BCUT2D eigenvalue weighted by molar-refractivity contribution is 0.0934. The van der Waals surface area contributed by atoms with E-state index < -0.39 is 0 Å². The lowest BCUT2D eigenvalue weighted by Gasteiger charge is -2.19. The molecule has 0 N–H and O–H groups in total. The third kappa shape index (κ3) is 5.12. The summed E-state index contributed by atoms with van der Waals surface area (Å²) in [7, 11) is 0. The van der Waals surface area contributed by atoms with E-state index in [0.29, 0.717) is 6.54 Å². The second-order valence-corrected chi connectivity index (χ2v) is 6.90. The van der Waals surface area contributed by atoms with Gasteiger partial charge in [-0.1, -0.05) is 20.8 Å². The Morgan fingerprint density at radius 3 is 2.44 bits per heavy atom. The first-order valence-electron chi connectivity index (χ1n) is 6.69. The Hall–Kier alpha value is -0.320. The van der Waals surface area contributed by atoms with Gasteiger partial charge >= 0.3 is 0 Å². The van der Waals surface area contributed by atoms with Gasteiger partial charge in [-0.15, -0.1) is 23.1 Å². The molecule has 1 heterocycles. The highest BCUT2D eigenvalue weighted by atomic mass is 32.2. The molecule has 18 heavy (non-hydrogen) atoms. The molecule has 2 nitrogen and oxygen atoms in total. The van der Waals surface area contributed by atoms with Gasteiger partial charge in [0, 0.05) is 0 Å². The Kier molecular flexibility index (Phi) is 7.63. The number of Topliss-reactive ketones (excluding diaryl/α,β-unsaturated/α-hetero) is 1. The summed E-state index contributed by atoms with van der Waals surface area (Å²) in [5, 5.41) is 0. The molecule has 0 amide bonds. The maximum atomic E-state index is 12.2. The lowest BCUT2D eigenvalue weighted by Crippen LogP contribution is -2.31. The van der Waals surface area contributed by atoms with Crippen LogP contribution in [0.1, 0.15) is 43.3 Å². The zero-order valence-electron chi connectivity index (χ0n) is 11.6. The van der Waals surface area contributed by atoms with Crippen LogP contribution in [0.25, 0.3) is 0 Å².